The summed E-state index contributed by atoms with van der Waals surface area (Å²) < 4.78 is 69.7. The minimum absolute atomic E-state index is 0.165. The Balaban J connectivity index is 0.000000404. The molecule has 1 heterocycles. The van der Waals surface area contributed by atoms with Gasteiger partial charge in [-0.2, -0.15) is 31.4 Å². The lowest BCUT2D eigenvalue weighted by atomic mass is 9.92. The lowest BCUT2D eigenvalue weighted by Gasteiger charge is -2.30. The molecule has 1 aromatic carbocycles. The molecule has 0 aliphatic heterocycles. The Morgan fingerprint density at radius 2 is 1.62 bits per heavy atom. The van der Waals surface area contributed by atoms with Gasteiger partial charge in [0, 0.05) is 23.5 Å². The molecule has 1 aromatic heterocycles. The van der Waals surface area contributed by atoms with Crippen molar-refractivity contribution in [2.75, 3.05) is 6.54 Å². The summed E-state index contributed by atoms with van der Waals surface area (Å²) in [4.78, 5) is 28.4. The van der Waals surface area contributed by atoms with Crippen molar-refractivity contribution >= 4 is 28.8 Å². The first-order chi connectivity index (χ1) is 17.0. The topological polar surface area (TPSA) is 162 Å². The number of aryl methyl sites for hydroxylation is 1. The Morgan fingerprint density at radius 1 is 1.05 bits per heavy atom. The fourth-order valence-electron chi connectivity index (χ4n) is 3.27. The minimum Gasteiger partial charge on any atom is -0.490 e. The summed E-state index contributed by atoms with van der Waals surface area (Å²) in [6.07, 6.45) is -3.86. The second-order valence-electron chi connectivity index (χ2n) is 7.83. The van der Waals surface area contributed by atoms with Crippen LogP contribution in [-0.2, 0) is 14.4 Å². The van der Waals surface area contributed by atoms with Crippen molar-refractivity contribution in [3.8, 4) is 5.75 Å². The first-order valence-electron chi connectivity index (χ1n) is 10.7. The summed E-state index contributed by atoms with van der Waals surface area (Å²) in [7, 11) is 0. The molecule has 0 saturated heterocycles. The van der Waals surface area contributed by atoms with E-state index in [1.54, 1.807) is 0 Å². The van der Waals surface area contributed by atoms with Crippen LogP contribution in [0.25, 0.3) is 10.9 Å². The number of benzene rings is 1. The lowest BCUT2D eigenvalue weighted by molar-refractivity contribution is -0.193. The highest BCUT2D eigenvalue weighted by molar-refractivity contribution is 5.83. The second-order valence-corrected chi connectivity index (χ2v) is 7.83. The van der Waals surface area contributed by atoms with Gasteiger partial charge in [0.25, 0.3) is 0 Å². The second kappa shape index (κ2) is 13.7. The number of aromatic amines is 1. The number of nitrogens with zero attached hydrogens (tertiary/aromatic N) is 1. The van der Waals surface area contributed by atoms with E-state index in [9.17, 15) is 31.1 Å². The Bertz CT molecular complexity index is 1030. The molecule has 1 fully saturated rings. The molecule has 0 bridgehead atoms. The first kappa shape index (κ1) is 31.5. The van der Waals surface area contributed by atoms with Crippen molar-refractivity contribution in [3.05, 3.63) is 23.9 Å². The van der Waals surface area contributed by atoms with E-state index in [0.717, 1.165) is 47.9 Å². The van der Waals surface area contributed by atoms with Crippen molar-refractivity contribution in [1.82, 2.24) is 15.5 Å². The molecule has 0 radical (unpaired) electrons. The highest BCUT2D eigenvalue weighted by Crippen LogP contribution is 2.30. The van der Waals surface area contributed by atoms with E-state index in [0.29, 0.717) is 12.6 Å². The number of aliphatic carboxylic acids is 3. The molecule has 2 atom stereocenters. The van der Waals surface area contributed by atoms with Gasteiger partial charge in [0.05, 0.1) is 18.1 Å². The number of alkyl halides is 6. The largest absolute Gasteiger partial charge is 0.490 e. The average molecular weight is 545 g/mol. The first-order valence-corrected chi connectivity index (χ1v) is 10.7. The smallest absolute Gasteiger partial charge is 0.490 e. The number of carboxylic acids is 3. The zero-order valence-corrected chi connectivity index (χ0v) is 19.3. The van der Waals surface area contributed by atoms with E-state index in [1.807, 2.05) is 18.3 Å². The number of aromatic nitrogens is 2. The van der Waals surface area contributed by atoms with Crippen LogP contribution < -0.4 is 10.1 Å². The average Bonchev–Trinajstić information content (AvgIpc) is 3.25. The molecule has 2 aromatic rings. The highest BCUT2D eigenvalue weighted by Gasteiger charge is 2.38. The molecule has 37 heavy (non-hydrogen) atoms. The quantitative estimate of drug-likeness (QED) is 0.339. The lowest BCUT2D eigenvalue weighted by Crippen LogP contribution is -2.39. The molecule has 3 rings (SSSR count). The normalized spacial score (nSPS) is 17.6. The Hall–Kier alpha value is -3.56. The van der Waals surface area contributed by atoms with Crippen LogP contribution in [0.3, 0.4) is 0 Å². The molecule has 16 heteroatoms. The number of halogens is 6. The summed E-state index contributed by atoms with van der Waals surface area (Å²) in [5.74, 6) is -5.36. The maximum atomic E-state index is 10.6. The van der Waals surface area contributed by atoms with Gasteiger partial charge in [-0.25, -0.2) is 9.59 Å². The Morgan fingerprint density at radius 3 is 2.14 bits per heavy atom. The predicted octanol–water partition coefficient (Wildman–Crippen LogP) is 3.89. The van der Waals surface area contributed by atoms with Crippen LogP contribution in [-0.4, -0.2) is 74.5 Å². The van der Waals surface area contributed by atoms with E-state index in [2.05, 4.69) is 22.4 Å². The van der Waals surface area contributed by atoms with Crippen molar-refractivity contribution in [3.63, 3.8) is 0 Å². The summed E-state index contributed by atoms with van der Waals surface area (Å²) in [6, 6.07) is 4.33. The number of nitrogens with one attached hydrogen (secondary N) is 2. The van der Waals surface area contributed by atoms with Crippen LogP contribution in [0, 0.1) is 6.92 Å². The van der Waals surface area contributed by atoms with E-state index in [-0.39, 0.29) is 12.5 Å². The number of rotatable bonds is 6. The maximum Gasteiger partial charge on any atom is 0.490 e. The third kappa shape index (κ3) is 11.4. The SMILES string of the molecule is Cc1c(O[C@@H]2CCC[C@H](NCCC(=O)O)C2)ccc2[nH]ncc12.O=C(O)C(F)(F)F.O=C(O)C(F)(F)F. The Kier molecular flexibility index (Phi) is 11.6. The van der Waals surface area contributed by atoms with Crippen LogP contribution in [0.4, 0.5) is 26.3 Å². The van der Waals surface area contributed by atoms with Crippen molar-refractivity contribution in [2.45, 2.75) is 63.5 Å². The molecular weight excluding hydrogens is 520 g/mol. The molecule has 1 saturated carbocycles. The zero-order valence-electron chi connectivity index (χ0n) is 19.3. The van der Waals surface area contributed by atoms with Gasteiger partial charge in [-0.3, -0.25) is 9.89 Å². The van der Waals surface area contributed by atoms with Crippen LogP contribution in [0.1, 0.15) is 37.7 Å². The molecular formula is C21H25F6N3O7. The number of ether oxygens (including phenoxy) is 1. The molecule has 0 unspecified atom stereocenters. The highest BCUT2D eigenvalue weighted by atomic mass is 19.4. The third-order valence-corrected chi connectivity index (χ3v) is 5.02. The fourth-order valence-corrected chi connectivity index (χ4v) is 3.27. The van der Waals surface area contributed by atoms with Gasteiger partial charge in [0.1, 0.15) is 11.9 Å². The standard InChI is InChI=1S/C17H23N3O3.2C2HF3O2/c1-11-14-10-19-20-15(14)5-6-16(11)23-13-4-2-3-12(9-13)18-8-7-17(21)22;2*3-2(4,5)1(6)7/h5-6,10,12-13,18H,2-4,7-9H2,1H3,(H,19,20)(H,21,22);2*(H,6,7)/t12-,13+;;/m0../s1. The summed E-state index contributed by atoms with van der Waals surface area (Å²) in [5.41, 5.74) is 2.13. The molecule has 10 nitrogen and oxygen atoms in total. The van der Waals surface area contributed by atoms with Gasteiger partial charge >= 0.3 is 30.3 Å². The van der Waals surface area contributed by atoms with Gasteiger partial charge in [-0.05, 0) is 44.7 Å². The summed E-state index contributed by atoms with van der Waals surface area (Å²) in [6.45, 7) is 2.57. The van der Waals surface area contributed by atoms with E-state index in [1.165, 1.54) is 0 Å². The third-order valence-electron chi connectivity index (χ3n) is 5.02. The number of carboxylic acid groups (broad SMARTS) is 3. The van der Waals surface area contributed by atoms with Crippen LogP contribution >= 0.6 is 0 Å². The summed E-state index contributed by atoms with van der Waals surface area (Å²) >= 11 is 0. The van der Waals surface area contributed by atoms with E-state index in [4.69, 9.17) is 29.6 Å². The molecule has 5 N–H and O–H groups in total. The van der Waals surface area contributed by atoms with Crippen molar-refractivity contribution in [2.24, 2.45) is 0 Å². The van der Waals surface area contributed by atoms with Crippen molar-refractivity contribution < 1.29 is 60.8 Å². The Labute approximate surface area is 205 Å². The summed E-state index contributed by atoms with van der Waals surface area (Å²) in [5, 5.41) is 34.4. The monoisotopic (exact) mass is 545 g/mol. The van der Waals surface area contributed by atoms with Gasteiger partial charge in [-0.1, -0.05) is 0 Å². The number of fused-ring (bicyclic) bond motifs is 1. The van der Waals surface area contributed by atoms with Gasteiger partial charge in [-0.15, -0.1) is 0 Å². The zero-order chi connectivity index (χ0) is 28.4. The minimum atomic E-state index is -5.08. The van der Waals surface area contributed by atoms with E-state index < -0.39 is 30.3 Å². The molecule has 1 aliphatic carbocycles. The van der Waals surface area contributed by atoms with Gasteiger partial charge in [0.15, 0.2) is 0 Å². The van der Waals surface area contributed by atoms with Crippen LogP contribution in [0.5, 0.6) is 5.75 Å². The van der Waals surface area contributed by atoms with Crippen LogP contribution in [0.2, 0.25) is 0 Å². The molecule has 0 amide bonds. The maximum absolute atomic E-state index is 10.6. The number of hydrogen-bond acceptors (Lipinski definition) is 6. The predicted molar refractivity (Wildman–Crippen MR) is 115 cm³/mol. The molecule has 208 valence electrons. The van der Waals surface area contributed by atoms with E-state index >= 15 is 0 Å². The molecule has 1 aliphatic rings. The van der Waals surface area contributed by atoms with Gasteiger partial charge in [0.2, 0.25) is 0 Å². The number of H-pyrrole nitrogens is 1. The van der Waals surface area contributed by atoms with Crippen LogP contribution in [0.15, 0.2) is 18.3 Å². The number of hydrogen-bond donors (Lipinski definition) is 5. The number of carbonyl (C=O) groups is 3. The van der Waals surface area contributed by atoms with Gasteiger partial charge < -0.3 is 25.4 Å². The molecule has 0 spiro atoms. The fraction of sp³-hybridized carbons (Fsp3) is 0.524. The van der Waals surface area contributed by atoms with Crippen molar-refractivity contribution in [1.29, 1.82) is 0 Å².